The van der Waals surface area contributed by atoms with Gasteiger partial charge in [-0.25, -0.2) is 0 Å². The first kappa shape index (κ1) is 63.9. The van der Waals surface area contributed by atoms with Gasteiger partial charge in [-0.1, -0.05) is 148 Å². The van der Waals surface area contributed by atoms with E-state index in [1.165, 1.54) is 26.0 Å². The number of rotatable bonds is 10. The number of thiophene rings is 3. The second-order valence-corrected chi connectivity index (χ2v) is 26.6. The van der Waals surface area contributed by atoms with E-state index in [2.05, 4.69) is 60.6 Å². The van der Waals surface area contributed by atoms with E-state index in [0.717, 1.165) is 84.8 Å². The summed E-state index contributed by atoms with van der Waals surface area (Å²) in [7, 11) is 3.34. The minimum absolute atomic E-state index is 0. The SMILES string of the molecule is C.C.Cc1sc(C2OCCO2)cc1Br.Cc1sc(C2OCCO2)cc1Sc1cccc(Cl)c1.Cc1sc(C=O)cc1Sc1cccc(Cl)c1.Clc1cccc(SSc2cccc(Cl)c2)c1.Sc1cccc(Cl)c1. The van der Waals surface area contributed by atoms with Crippen molar-refractivity contribution in [1.29, 1.82) is 0 Å². The molecule has 8 aromatic rings. The topological polar surface area (TPSA) is 54.0 Å². The smallest absolute Gasteiger partial charge is 0.193 e. The van der Waals surface area contributed by atoms with Crippen LogP contribution in [0.15, 0.2) is 178 Å². The van der Waals surface area contributed by atoms with Crippen molar-refractivity contribution in [2.75, 3.05) is 26.4 Å². The van der Waals surface area contributed by atoms with Gasteiger partial charge in [0.15, 0.2) is 18.9 Å². The van der Waals surface area contributed by atoms with Crippen molar-refractivity contribution in [3.8, 4) is 0 Å². The fraction of sp³-hybridized carbons (Fsp3) is 0.204. The highest BCUT2D eigenvalue weighted by Crippen LogP contribution is 2.41. The molecule has 0 N–H and O–H groups in total. The lowest BCUT2D eigenvalue weighted by molar-refractivity contribution is -0.0416. The van der Waals surface area contributed by atoms with Crippen LogP contribution in [0.1, 0.15) is 61.5 Å². The fourth-order valence-electron chi connectivity index (χ4n) is 5.92. The van der Waals surface area contributed by atoms with Crippen molar-refractivity contribution in [2.24, 2.45) is 0 Å². The summed E-state index contributed by atoms with van der Waals surface area (Å²) in [6.07, 6.45) is 0.581. The van der Waals surface area contributed by atoms with E-state index >= 15 is 0 Å². The zero-order valence-electron chi connectivity index (χ0n) is 38.0. The molecule has 5 nitrogen and oxygen atoms in total. The van der Waals surface area contributed by atoms with Gasteiger partial charge in [-0.15, -0.1) is 46.6 Å². The van der Waals surface area contributed by atoms with Crippen LogP contribution in [-0.4, -0.2) is 32.7 Å². The minimum atomic E-state index is -0.183. The third-order valence-electron chi connectivity index (χ3n) is 9.17. The molecule has 5 heterocycles. The Balaban J connectivity index is 0.000000201. The number of benzene rings is 5. The number of hydrogen-bond acceptors (Lipinski definition) is 13. The molecule has 0 saturated carbocycles. The van der Waals surface area contributed by atoms with Crippen LogP contribution in [0.25, 0.3) is 0 Å². The summed E-state index contributed by atoms with van der Waals surface area (Å²) < 4.78 is 23.0. The normalized spacial score (nSPS) is 12.8. The van der Waals surface area contributed by atoms with Crippen LogP contribution in [0.4, 0.5) is 0 Å². The molecule has 0 aliphatic carbocycles. The average Bonchev–Trinajstić information content (AvgIpc) is 4.21. The highest BCUT2D eigenvalue weighted by molar-refractivity contribution is 9.10. The summed E-state index contributed by atoms with van der Waals surface area (Å²) in [6, 6.07) is 44.7. The van der Waals surface area contributed by atoms with Crippen LogP contribution < -0.4 is 0 Å². The first-order chi connectivity index (χ1) is 34.2. The van der Waals surface area contributed by atoms with E-state index in [9.17, 15) is 4.79 Å². The number of aryl methyl sites for hydroxylation is 3. The Labute approximate surface area is 497 Å². The van der Waals surface area contributed by atoms with Crippen molar-refractivity contribution in [2.45, 2.75) is 82.5 Å². The van der Waals surface area contributed by atoms with Gasteiger partial charge in [-0.3, -0.25) is 4.79 Å². The van der Waals surface area contributed by atoms with Gasteiger partial charge >= 0.3 is 0 Å². The number of aldehydes is 1. The van der Waals surface area contributed by atoms with Gasteiger partial charge in [-0.05, 0) is 146 Å². The monoisotopic (exact) mass is 1290 g/mol. The van der Waals surface area contributed by atoms with Crippen LogP contribution in [0, 0.1) is 20.8 Å². The number of hydrogen-bond donors (Lipinski definition) is 1. The van der Waals surface area contributed by atoms with Gasteiger partial charge in [0.05, 0.1) is 41.1 Å². The Morgan fingerprint density at radius 1 is 0.507 bits per heavy atom. The lowest BCUT2D eigenvalue weighted by atomic mass is 10.4. The molecular weight excluding hydrogens is 1240 g/mol. The maximum atomic E-state index is 10.7. The van der Waals surface area contributed by atoms with Gasteiger partial charge in [0.1, 0.15) is 0 Å². The second-order valence-electron chi connectivity index (χ2n) is 14.6. The lowest BCUT2D eigenvalue weighted by Crippen LogP contribution is -1.93. The summed E-state index contributed by atoms with van der Waals surface area (Å²) in [5.41, 5.74) is 0. The van der Waals surface area contributed by atoms with E-state index in [-0.39, 0.29) is 27.4 Å². The summed E-state index contributed by atoms with van der Waals surface area (Å²) in [6.45, 7) is 8.99. The van der Waals surface area contributed by atoms with Crippen LogP contribution in [0.2, 0.25) is 25.1 Å². The molecule has 0 atom stereocenters. The Morgan fingerprint density at radius 3 is 1.25 bits per heavy atom. The van der Waals surface area contributed by atoms with Gasteiger partial charge < -0.3 is 18.9 Å². The molecular formula is C54H52BrCl5O5S8. The Kier molecular flexibility index (Phi) is 29.4. The molecule has 10 rings (SSSR count). The highest BCUT2D eigenvalue weighted by Gasteiger charge is 2.22. The number of halogens is 6. The lowest BCUT2D eigenvalue weighted by Gasteiger charge is -2.04. The molecule has 2 aliphatic heterocycles. The van der Waals surface area contributed by atoms with Gasteiger partial charge in [0.25, 0.3) is 0 Å². The molecule has 19 heteroatoms. The fourth-order valence-corrected chi connectivity index (χ4v) is 15.1. The summed E-state index contributed by atoms with van der Waals surface area (Å²) in [4.78, 5) is 25.2. The standard InChI is InChI=1S/C14H13ClO2S2.C12H8Cl2S2.C12H9ClOS2.C8H9BrO2S.C6H5ClS.2CH4/c1-9-12(19-11-4-2-3-10(15)7-11)8-13(18-9)14-16-5-6-17-14;13-9-3-1-5-11(7-9)15-16-12-6-2-4-10(14)8-12;1-8-12(6-11(7-14)15-8)16-10-4-2-3-9(13)5-10;1-5-6(9)4-7(12-5)8-10-2-3-11-8;7-5-2-1-3-6(8)4-5;;/h2-4,7-8,14H,5-6H2,1H3;1-8H;2-7H,1H3;4,8H,2-3H2,1H3;1-4,8H;2*1H4. The maximum absolute atomic E-state index is 10.7. The molecule has 5 aromatic carbocycles. The molecule has 0 spiro atoms. The molecule has 3 aromatic heterocycles. The quantitative estimate of drug-likeness (QED) is 0.0820. The van der Waals surface area contributed by atoms with Crippen molar-refractivity contribution >= 4 is 172 Å². The Morgan fingerprint density at radius 2 is 0.877 bits per heavy atom. The summed E-state index contributed by atoms with van der Waals surface area (Å²) >= 11 is 45.2. The predicted octanol–water partition coefficient (Wildman–Crippen LogP) is 22.1. The molecule has 2 saturated heterocycles. The second kappa shape index (κ2) is 33.6. The first-order valence-electron chi connectivity index (χ1n) is 21.3. The van der Waals surface area contributed by atoms with Crippen molar-refractivity contribution in [3.63, 3.8) is 0 Å². The number of carbonyl (C=O) groups is 1. The highest BCUT2D eigenvalue weighted by atomic mass is 79.9. The third kappa shape index (κ3) is 22.3. The van der Waals surface area contributed by atoms with Crippen molar-refractivity contribution < 1.29 is 23.7 Å². The summed E-state index contributed by atoms with van der Waals surface area (Å²) in [5.74, 6) is 0. The largest absolute Gasteiger partial charge is 0.345 e. The molecule has 73 heavy (non-hydrogen) atoms. The van der Waals surface area contributed by atoms with Crippen LogP contribution in [0.3, 0.4) is 0 Å². The van der Waals surface area contributed by atoms with E-state index in [4.69, 9.17) is 77.0 Å². The number of carbonyl (C=O) groups excluding carboxylic acids is 1. The first-order valence-corrected chi connectivity index (χ1v) is 30.6. The van der Waals surface area contributed by atoms with Crippen LogP contribution in [0.5, 0.6) is 0 Å². The van der Waals surface area contributed by atoms with Crippen molar-refractivity contribution in [1.82, 2.24) is 0 Å². The van der Waals surface area contributed by atoms with Gasteiger partial charge in [0, 0.05) is 78.5 Å². The average molecular weight is 1290 g/mol. The maximum Gasteiger partial charge on any atom is 0.193 e. The number of thiol groups is 1. The molecule has 0 amide bonds. The van der Waals surface area contributed by atoms with Crippen molar-refractivity contribution in [3.05, 3.63) is 198 Å². The Hall–Kier alpha value is -1.61. The van der Waals surface area contributed by atoms with E-state index in [0.29, 0.717) is 26.4 Å². The van der Waals surface area contributed by atoms with Gasteiger partial charge in [0.2, 0.25) is 0 Å². The molecule has 388 valence electrons. The summed E-state index contributed by atoms with van der Waals surface area (Å²) in [5, 5.41) is 3.75. The molecule has 0 radical (unpaired) electrons. The van der Waals surface area contributed by atoms with Gasteiger partial charge in [-0.2, -0.15) is 0 Å². The van der Waals surface area contributed by atoms with E-state index in [1.807, 2.05) is 122 Å². The van der Waals surface area contributed by atoms with Crippen LogP contribution >= 0.6 is 166 Å². The molecule has 0 bridgehead atoms. The molecule has 2 aliphatic rings. The zero-order chi connectivity index (χ0) is 50.7. The van der Waals surface area contributed by atoms with E-state index in [1.54, 1.807) is 73.9 Å². The van der Waals surface area contributed by atoms with E-state index < -0.39 is 0 Å². The zero-order valence-corrected chi connectivity index (χ0v) is 49.9. The minimum Gasteiger partial charge on any atom is -0.345 e. The number of ether oxygens (including phenoxy) is 4. The molecule has 0 unspecified atom stereocenters. The third-order valence-corrected chi connectivity index (χ3v) is 19.7. The Bertz CT molecular complexity index is 2860. The van der Waals surface area contributed by atoms with Crippen LogP contribution in [-0.2, 0) is 18.9 Å². The predicted molar refractivity (Wildman–Crippen MR) is 327 cm³/mol. The molecule has 2 fully saturated rings.